The molecule has 5 heteroatoms. The zero-order chi connectivity index (χ0) is 15.1. The fourth-order valence-electron chi connectivity index (χ4n) is 1.80. The van der Waals surface area contributed by atoms with Crippen molar-refractivity contribution < 1.29 is 9.53 Å². The Balaban J connectivity index is 1.91. The van der Waals surface area contributed by atoms with Gasteiger partial charge in [-0.25, -0.2) is 0 Å². The van der Waals surface area contributed by atoms with E-state index >= 15 is 0 Å². The minimum absolute atomic E-state index is 0.142. The first-order chi connectivity index (χ1) is 10.2. The predicted octanol–water partition coefficient (Wildman–Crippen LogP) is 3.79. The fraction of sp³-hybridized carbons (Fsp3) is 0.188. The smallest absolute Gasteiger partial charge is 0.243 e. The van der Waals surface area contributed by atoms with Gasteiger partial charge in [0.25, 0.3) is 0 Å². The normalized spacial score (nSPS) is 10.0. The number of carbonyl (C=O) groups is 1. The average Bonchev–Trinajstić information content (AvgIpc) is 2.49. The maximum absolute atomic E-state index is 12.0. The van der Waals surface area contributed by atoms with E-state index in [1.807, 2.05) is 43.3 Å². The molecule has 2 aromatic carbocycles. The highest BCUT2D eigenvalue weighted by Crippen LogP contribution is 2.23. The van der Waals surface area contributed by atoms with Gasteiger partial charge in [0.1, 0.15) is 5.75 Å². The van der Waals surface area contributed by atoms with E-state index in [4.69, 9.17) is 16.3 Å². The van der Waals surface area contributed by atoms with Crippen LogP contribution in [0.3, 0.4) is 0 Å². The summed E-state index contributed by atoms with van der Waals surface area (Å²) < 4.78 is 5.46. The molecule has 2 rings (SSSR count). The van der Waals surface area contributed by atoms with Gasteiger partial charge in [-0.3, -0.25) is 4.79 Å². The van der Waals surface area contributed by atoms with E-state index in [1.165, 1.54) is 0 Å². The molecule has 110 valence electrons. The van der Waals surface area contributed by atoms with Crippen LogP contribution in [0.25, 0.3) is 0 Å². The van der Waals surface area contributed by atoms with Gasteiger partial charge in [-0.05, 0) is 43.3 Å². The first kappa shape index (κ1) is 15.2. The van der Waals surface area contributed by atoms with Gasteiger partial charge in [-0.2, -0.15) is 0 Å². The van der Waals surface area contributed by atoms with Crippen molar-refractivity contribution in [3.05, 3.63) is 53.6 Å². The first-order valence-electron chi connectivity index (χ1n) is 6.70. The lowest BCUT2D eigenvalue weighted by Crippen LogP contribution is -2.22. The predicted molar refractivity (Wildman–Crippen MR) is 86.2 cm³/mol. The van der Waals surface area contributed by atoms with Crippen LogP contribution in [0, 0.1) is 0 Å². The van der Waals surface area contributed by atoms with E-state index in [1.54, 1.807) is 12.1 Å². The summed E-state index contributed by atoms with van der Waals surface area (Å²) in [5.74, 6) is 0.525. The van der Waals surface area contributed by atoms with Crippen LogP contribution < -0.4 is 15.4 Å². The molecule has 2 N–H and O–H groups in total. The van der Waals surface area contributed by atoms with Crippen molar-refractivity contribution in [2.75, 3.05) is 23.8 Å². The van der Waals surface area contributed by atoms with Gasteiger partial charge >= 0.3 is 0 Å². The number of hydrogen-bond donors (Lipinski definition) is 2. The second-order valence-corrected chi connectivity index (χ2v) is 4.77. The number of benzene rings is 2. The van der Waals surface area contributed by atoms with Crippen LogP contribution >= 0.6 is 11.6 Å². The molecule has 0 unspecified atom stereocenters. The molecule has 0 atom stereocenters. The largest absolute Gasteiger partial charge is 0.492 e. The Morgan fingerprint density at radius 3 is 2.57 bits per heavy atom. The molecule has 2 aromatic rings. The Morgan fingerprint density at radius 2 is 1.86 bits per heavy atom. The summed E-state index contributed by atoms with van der Waals surface area (Å²) in [6.45, 7) is 2.62. The van der Waals surface area contributed by atoms with Gasteiger partial charge < -0.3 is 15.4 Å². The Bertz CT molecular complexity index is 599. The number of carbonyl (C=O) groups excluding carboxylic acids is 1. The van der Waals surface area contributed by atoms with Crippen LogP contribution in [-0.2, 0) is 4.79 Å². The zero-order valence-electron chi connectivity index (χ0n) is 11.7. The van der Waals surface area contributed by atoms with Crippen LogP contribution in [0.2, 0.25) is 5.02 Å². The molecule has 4 nitrogen and oxygen atoms in total. The molecule has 0 saturated carbocycles. The van der Waals surface area contributed by atoms with Gasteiger partial charge in [0, 0.05) is 10.7 Å². The number of rotatable bonds is 6. The zero-order valence-corrected chi connectivity index (χ0v) is 12.5. The number of amides is 1. The minimum atomic E-state index is -0.142. The molecular weight excluding hydrogens is 288 g/mol. The van der Waals surface area contributed by atoms with Crippen molar-refractivity contribution in [3.63, 3.8) is 0 Å². The van der Waals surface area contributed by atoms with E-state index in [-0.39, 0.29) is 12.5 Å². The van der Waals surface area contributed by atoms with Crippen molar-refractivity contribution in [1.29, 1.82) is 0 Å². The van der Waals surface area contributed by atoms with Crippen molar-refractivity contribution >= 4 is 28.9 Å². The van der Waals surface area contributed by atoms with Gasteiger partial charge in [-0.15, -0.1) is 0 Å². The minimum Gasteiger partial charge on any atom is -0.492 e. The van der Waals surface area contributed by atoms with Gasteiger partial charge in [0.15, 0.2) is 0 Å². The van der Waals surface area contributed by atoms with E-state index < -0.39 is 0 Å². The summed E-state index contributed by atoms with van der Waals surface area (Å²) in [6, 6.07) is 14.5. The quantitative estimate of drug-likeness (QED) is 0.853. The number of para-hydroxylation sites is 2. The Morgan fingerprint density at radius 1 is 1.14 bits per heavy atom. The third-order valence-corrected chi connectivity index (χ3v) is 3.01. The average molecular weight is 305 g/mol. The van der Waals surface area contributed by atoms with E-state index in [2.05, 4.69) is 10.6 Å². The summed E-state index contributed by atoms with van der Waals surface area (Å²) in [5.41, 5.74) is 1.51. The molecule has 1 amide bonds. The molecule has 0 fully saturated rings. The standard InChI is InChI=1S/C16H17ClN2O2/c1-2-21-15-6-4-3-5-14(15)19-16(20)11-18-13-9-7-12(17)8-10-13/h3-10,18H,2,11H2,1H3,(H,19,20). The Labute approximate surface area is 129 Å². The van der Waals surface area contributed by atoms with Gasteiger partial charge in [0.05, 0.1) is 18.8 Å². The number of halogens is 1. The Hall–Kier alpha value is -2.20. The highest BCUT2D eigenvalue weighted by Gasteiger charge is 2.07. The highest BCUT2D eigenvalue weighted by molar-refractivity contribution is 6.30. The van der Waals surface area contributed by atoms with Gasteiger partial charge in [-0.1, -0.05) is 23.7 Å². The van der Waals surface area contributed by atoms with Gasteiger partial charge in [0.2, 0.25) is 5.91 Å². The van der Waals surface area contributed by atoms with E-state index in [0.717, 1.165) is 5.69 Å². The summed E-state index contributed by atoms with van der Waals surface area (Å²) in [6.07, 6.45) is 0. The van der Waals surface area contributed by atoms with Crippen molar-refractivity contribution in [3.8, 4) is 5.75 Å². The van der Waals surface area contributed by atoms with Crippen LogP contribution in [0.1, 0.15) is 6.92 Å². The lowest BCUT2D eigenvalue weighted by Gasteiger charge is -2.12. The van der Waals surface area contributed by atoms with Crippen LogP contribution in [0.15, 0.2) is 48.5 Å². The second-order valence-electron chi connectivity index (χ2n) is 4.34. The molecular formula is C16H17ClN2O2. The molecule has 0 aliphatic carbocycles. The summed E-state index contributed by atoms with van der Waals surface area (Å²) >= 11 is 5.81. The first-order valence-corrected chi connectivity index (χ1v) is 7.08. The third kappa shape index (κ3) is 4.68. The van der Waals surface area contributed by atoms with Crippen LogP contribution in [0.4, 0.5) is 11.4 Å². The fourth-order valence-corrected chi connectivity index (χ4v) is 1.92. The third-order valence-electron chi connectivity index (χ3n) is 2.76. The topological polar surface area (TPSA) is 50.4 Å². The molecule has 21 heavy (non-hydrogen) atoms. The molecule has 0 radical (unpaired) electrons. The lowest BCUT2D eigenvalue weighted by atomic mass is 10.3. The SMILES string of the molecule is CCOc1ccccc1NC(=O)CNc1ccc(Cl)cc1. The molecule has 0 saturated heterocycles. The van der Waals surface area contributed by atoms with Crippen molar-refractivity contribution in [2.24, 2.45) is 0 Å². The molecule has 0 aliphatic rings. The lowest BCUT2D eigenvalue weighted by molar-refractivity contribution is -0.114. The number of nitrogens with one attached hydrogen (secondary N) is 2. The summed E-state index contributed by atoms with van der Waals surface area (Å²) in [7, 11) is 0. The van der Waals surface area contributed by atoms with E-state index in [0.29, 0.717) is 23.1 Å². The number of anilines is 2. The summed E-state index contributed by atoms with van der Waals surface area (Å²) in [5, 5.41) is 6.52. The Kier molecular flexibility index (Phi) is 5.46. The van der Waals surface area contributed by atoms with Crippen LogP contribution in [-0.4, -0.2) is 19.1 Å². The molecule has 0 aliphatic heterocycles. The molecule has 0 spiro atoms. The van der Waals surface area contributed by atoms with Crippen molar-refractivity contribution in [1.82, 2.24) is 0 Å². The van der Waals surface area contributed by atoms with Crippen LogP contribution in [0.5, 0.6) is 5.75 Å². The highest BCUT2D eigenvalue weighted by atomic mass is 35.5. The molecule has 0 bridgehead atoms. The summed E-state index contributed by atoms with van der Waals surface area (Å²) in [4.78, 5) is 12.0. The molecule has 0 aromatic heterocycles. The maximum atomic E-state index is 12.0. The number of ether oxygens (including phenoxy) is 1. The number of hydrogen-bond acceptors (Lipinski definition) is 3. The molecule has 0 heterocycles. The monoisotopic (exact) mass is 304 g/mol. The van der Waals surface area contributed by atoms with E-state index in [9.17, 15) is 4.79 Å². The van der Waals surface area contributed by atoms with Crippen molar-refractivity contribution in [2.45, 2.75) is 6.92 Å². The second kappa shape index (κ2) is 7.55. The maximum Gasteiger partial charge on any atom is 0.243 e.